The summed E-state index contributed by atoms with van der Waals surface area (Å²) in [6.45, 7) is 8.21. The number of para-hydroxylation sites is 1. The van der Waals surface area contributed by atoms with E-state index in [4.69, 9.17) is 4.74 Å². The molecule has 0 unspecified atom stereocenters. The molecule has 150 valence electrons. The number of amides is 1. The van der Waals surface area contributed by atoms with Crippen molar-refractivity contribution in [3.8, 4) is 5.75 Å². The van der Waals surface area contributed by atoms with Gasteiger partial charge < -0.3 is 9.64 Å². The molecular weight excluding hydrogens is 376 g/mol. The number of hydrogen-bond donors (Lipinski definition) is 1. The summed E-state index contributed by atoms with van der Waals surface area (Å²) in [7, 11) is -3.58. The minimum Gasteiger partial charge on any atom is -0.492 e. The standard InChI is InChI=1S/C21H26N2O4S/c1-5-23-19-15(2)13-16(14-18(19)21(3,4)20(23)24)22-28(25,26)12-11-27-17-9-7-6-8-10-17/h6-10,13-14,22H,5,11-12H2,1-4H3. The number of carbonyl (C=O) groups excluding carboxylic acids is 1. The number of ether oxygens (including phenoxy) is 1. The van der Waals surface area contributed by atoms with E-state index in [0.717, 1.165) is 16.8 Å². The second-order valence-corrected chi connectivity index (χ2v) is 9.29. The summed E-state index contributed by atoms with van der Waals surface area (Å²) >= 11 is 0. The van der Waals surface area contributed by atoms with Crippen LogP contribution in [0.25, 0.3) is 0 Å². The Morgan fingerprint density at radius 1 is 1.14 bits per heavy atom. The van der Waals surface area contributed by atoms with Crippen molar-refractivity contribution in [2.45, 2.75) is 33.1 Å². The van der Waals surface area contributed by atoms with Gasteiger partial charge in [0.15, 0.2) is 0 Å². The van der Waals surface area contributed by atoms with Gasteiger partial charge in [-0.25, -0.2) is 8.42 Å². The number of nitrogens with one attached hydrogen (secondary N) is 1. The Bertz CT molecular complexity index is 985. The Kier molecular flexibility index (Phi) is 5.39. The molecule has 0 aromatic heterocycles. The fourth-order valence-corrected chi connectivity index (χ4v) is 4.43. The molecule has 2 aromatic carbocycles. The van der Waals surface area contributed by atoms with Gasteiger partial charge in [-0.2, -0.15) is 0 Å². The number of carbonyl (C=O) groups is 1. The molecule has 1 aliphatic heterocycles. The fourth-order valence-electron chi connectivity index (χ4n) is 3.55. The van der Waals surface area contributed by atoms with E-state index in [2.05, 4.69) is 4.72 Å². The summed E-state index contributed by atoms with van der Waals surface area (Å²) in [5, 5.41) is 0. The summed E-state index contributed by atoms with van der Waals surface area (Å²) in [5.74, 6) is 0.497. The van der Waals surface area contributed by atoms with E-state index in [9.17, 15) is 13.2 Å². The number of hydrogen-bond acceptors (Lipinski definition) is 4. The summed E-state index contributed by atoms with van der Waals surface area (Å²) in [4.78, 5) is 14.5. The lowest BCUT2D eigenvalue weighted by molar-refractivity contribution is -0.122. The highest BCUT2D eigenvalue weighted by atomic mass is 32.2. The van der Waals surface area contributed by atoms with Gasteiger partial charge in [-0.1, -0.05) is 18.2 Å². The number of anilines is 2. The van der Waals surface area contributed by atoms with E-state index in [1.807, 2.05) is 45.9 Å². The molecule has 6 nitrogen and oxygen atoms in total. The second-order valence-electron chi connectivity index (χ2n) is 7.45. The molecule has 1 aliphatic rings. The molecule has 0 radical (unpaired) electrons. The van der Waals surface area contributed by atoms with Crippen LogP contribution in [-0.2, 0) is 20.2 Å². The van der Waals surface area contributed by atoms with Gasteiger partial charge in [0, 0.05) is 12.2 Å². The molecule has 0 spiro atoms. The highest BCUT2D eigenvalue weighted by Crippen LogP contribution is 2.44. The Morgan fingerprint density at radius 2 is 1.82 bits per heavy atom. The average Bonchev–Trinajstić information content (AvgIpc) is 2.82. The number of rotatable bonds is 7. The molecule has 0 bridgehead atoms. The van der Waals surface area contributed by atoms with Gasteiger partial charge in [0.2, 0.25) is 15.9 Å². The zero-order valence-electron chi connectivity index (χ0n) is 16.7. The number of fused-ring (bicyclic) bond motifs is 1. The first-order valence-electron chi connectivity index (χ1n) is 9.31. The molecule has 2 aromatic rings. The van der Waals surface area contributed by atoms with Gasteiger partial charge in [-0.15, -0.1) is 0 Å². The van der Waals surface area contributed by atoms with Gasteiger partial charge in [-0.05, 0) is 63.1 Å². The lowest BCUT2D eigenvalue weighted by atomic mass is 9.85. The molecule has 7 heteroatoms. The maximum absolute atomic E-state index is 12.7. The topological polar surface area (TPSA) is 75.7 Å². The molecular formula is C21H26N2O4S. The van der Waals surface area contributed by atoms with E-state index in [1.54, 1.807) is 29.2 Å². The molecule has 0 fully saturated rings. The van der Waals surface area contributed by atoms with Crippen molar-refractivity contribution in [2.75, 3.05) is 28.5 Å². The molecule has 28 heavy (non-hydrogen) atoms. The summed E-state index contributed by atoms with van der Waals surface area (Å²) < 4.78 is 33.1. The maximum Gasteiger partial charge on any atom is 0.237 e. The van der Waals surface area contributed by atoms with Crippen molar-refractivity contribution >= 4 is 27.3 Å². The third-order valence-corrected chi connectivity index (χ3v) is 6.23. The normalized spacial score (nSPS) is 15.4. The minimum absolute atomic E-state index is 0.0318. The van der Waals surface area contributed by atoms with E-state index in [1.165, 1.54) is 0 Å². The van der Waals surface area contributed by atoms with Gasteiger partial charge in [0.05, 0.1) is 11.1 Å². The summed E-state index contributed by atoms with van der Waals surface area (Å²) in [5.41, 5.74) is 2.38. The van der Waals surface area contributed by atoms with Crippen molar-refractivity contribution in [2.24, 2.45) is 0 Å². The number of sulfonamides is 1. The van der Waals surface area contributed by atoms with Gasteiger partial charge in [0.25, 0.3) is 0 Å². The Labute approximate surface area is 166 Å². The lowest BCUT2D eigenvalue weighted by Crippen LogP contribution is -2.36. The Balaban J connectivity index is 1.77. The second kappa shape index (κ2) is 7.47. The molecule has 1 heterocycles. The van der Waals surface area contributed by atoms with Crippen LogP contribution in [-0.4, -0.2) is 33.2 Å². The van der Waals surface area contributed by atoms with Crippen LogP contribution < -0.4 is 14.4 Å². The number of benzene rings is 2. The van der Waals surface area contributed by atoms with Crippen LogP contribution in [0.4, 0.5) is 11.4 Å². The third kappa shape index (κ3) is 3.85. The zero-order chi connectivity index (χ0) is 20.5. The third-order valence-electron chi connectivity index (χ3n) is 4.98. The van der Waals surface area contributed by atoms with Crippen molar-refractivity contribution in [1.82, 2.24) is 0 Å². The summed E-state index contributed by atoms with van der Waals surface area (Å²) in [6.07, 6.45) is 0. The van der Waals surface area contributed by atoms with Crippen LogP contribution in [0.2, 0.25) is 0 Å². The fraction of sp³-hybridized carbons (Fsp3) is 0.381. The average molecular weight is 403 g/mol. The Morgan fingerprint density at radius 3 is 2.46 bits per heavy atom. The van der Waals surface area contributed by atoms with Crippen LogP contribution in [0.3, 0.4) is 0 Å². The summed E-state index contributed by atoms with van der Waals surface area (Å²) in [6, 6.07) is 12.6. The van der Waals surface area contributed by atoms with Crippen LogP contribution in [0, 0.1) is 6.92 Å². The van der Waals surface area contributed by atoms with Gasteiger partial charge >= 0.3 is 0 Å². The molecule has 0 saturated carbocycles. The van der Waals surface area contributed by atoms with E-state index < -0.39 is 15.4 Å². The van der Waals surface area contributed by atoms with Crippen molar-refractivity contribution in [1.29, 1.82) is 0 Å². The molecule has 1 N–H and O–H groups in total. The SMILES string of the molecule is CCN1C(=O)C(C)(C)c2cc(NS(=O)(=O)CCOc3ccccc3)cc(C)c21. The molecule has 3 rings (SSSR count). The predicted molar refractivity (Wildman–Crippen MR) is 112 cm³/mol. The van der Waals surface area contributed by atoms with Crippen molar-refractivity contribution in [3.05, 3.63) is 53.6 Å². The first kappa shape index (κ1) is 20.2. The molecule has 0 aliphatic carbocycles. The highest BCUT2D eigenvalue weighted by Gasteiger charge is 2.44. The minimum atomic E-state index is -3.58. The quantitative estimate of drug-likeness (QED) is 0.770. The number of nitrogens with zero attached hydrogens (tertiary/aromatic N) is 1. The van der Waals surface area contributed by atoms with Crippen LogP contribution in [0.15, 0.2) is 42.5 Å². The number of aryl methyl sites for hydroxylation is 1. The van der Waals surface area contributed by atoms with Crippen molar-refractivity contribution in [3.63, 3.8) is 0 Å². The molecule has 0 saturated heterocycles. The lowest BCUT2D eigenvalue weighted by Gasteiger charge is -2.18. The smallest absolute Gasteiger partial charge is 0.237 e. The Hall–Kier alpha value is -2.54. The van der Waals surface area contributed by atoms with Crippen LogP contribution in [0.1, 0.15) is 31.9 Å². The molecule has 1 amide bonds. The highest BCUT2D eigenvalue weighted by molar-refractivity contribution is 7.92. The predicted octanol–water partition coefficient (Wildman–Crippen LogP) is 3.46. The van der Waals surface area contributed by atoms with Crippen LogP contribution in [0.5, 0.6) is 5.75 Å². The maximum atomic E-state index is 12.7. The van der Waals surface area contributed by atoms with E-state index >= 15 is 0 Å². The van der Waals surface area contributed by atoms with Crippen LogP contribution >= 0.6 is 0 Å². The van der Waals surface area contributed by atoms with Crippen molar-refractivity contribution < 1.29 is 17.9 Å². The van der Waals surface area contributed by atoms with Gasteiger partial charge in [-0.3, -0.25) is 9.52 Å². The largest absolute Gasteiger partial charge is 0.492 e. The molecule has 0 atom stereocenters. The first-order chi connectivity index (χ1) is 13.2. The van der Waals surface area contributed by atoms with E-state index in [-0.39, 0.29) is 18.3 Å². The van der Waals surface area contributed by atoms with Gasteiger partial charge in [0.1, 0.15) is 18.1 Å². The first-order valence-corrected chi connectivity index (χ1v) is 11.0. The number of likely N-dealkylation sites (N-methyl/N-ethyl adjacent to an activating group) is 1. The monoisotopic (exact) mass is 402 g/mol. The zero-order valence-corrected chi connectivity index (χ0v) is 17.5. The van der Waals surface area contributed by atoms with E-state index in [0.29, 0.717) is 18.0 Å².